The summed E-state index contributed by atoms with van der Waals surface area (Å²) < 4.78 is 31.8. The van der Waals surface area contributed by atoms with Crippen molar-refractivity contribution in [2.45, 2.75) is 69.3 Å². The molecule has 1 spiro atoms. The molecular weight excluding hydrogens is 566 g/mol. The molecule has 0 bridgehead atoms. The number of Topliss-reactive ketones (excluding diaryl/α,β-unsaturated/α-hetero) is 1. The molecule has 0 amide bonds. The highest BCUT2D eigenvalue weighted by Gasteiger charge is 2.73. The van der Waals surface area contributed by atoms with Crippen LogP contribution in [0.4, 0.5) is 0 Å². The zero-order chi connectivity index (χ0) is 29.5. The summed E-state index contributed by atoms with van der Waals surface area (Å²) in [6.07, 6.45) is -2.22. The molecule has 8 nitrogen and oxygen atoms in total. The third-order valence-corrected chi connectivity index (χ3v) is 10.8. The number of carbonyl (C=O) groups excluding carboxylic acids is 2. The van der Waals surface area contributed by atoms with Crippen LogP contribution in [0.15, 0.2) is 66.7 Å². The molecule has 0 unspecified atom stereocenters. The number of ketones is 1. The summed E-state index contributed by atoms with van der Waals surface area (Å²) in [6, 6.07) is 21.8. The van der Waals surface area contributed by atoms with E-state index in [0.29, 0.717) is 18.0 Å². The van der Waals surface area contributed by atoms with Crippen LogP contribution in [-0.2, 0) is 40.6 Å². The van der Waals surface area contributed by atoms with Crippen LogP contribution < -0.4 is 0 Å². The molecule has 0 saturated carbocycles. The molecule has 4 saturated heterocycles. The van der Waals surface area contributed by atoms with Gasteiger partial charge in [0.2, 0.25) is 0 Å². The molecule has 1 aliphatic carbocycles. The third-order valence-electron chi connectivity index (χ3n) is 9.79. The predicted molar refractivity (Wildman–Crippen MR) is 160 cm³/mol. The molecule has 8 rings (SSSR count). The summed E-state index contributed by atoms with van der Waals surface area (Å²) >= 11 is 1.78. The van der Waals surface area contributed by atoms with E-state index in [9.17, 15) is 9.59 Å². The van der Waals surface area contributed by atoms with E-state index >= 15 is 0 Å². The Balaban J connectivity index is 1.26. The van der Waals surface area contributed by atoms with E-state index in [1.807, 2.05) is 87.5 Å². The minimum Gasteiger partial charge on any atom is -0.466 e. The number of ether oxygens (including phenoxy) is 5. The number of hydrogen-bond donors (Lipinski definition) is 0. The summed E-state index contributed by atoms with van der Waals surface area (Å²) in [6.45, 7) is 6.12. The molecule has 224 valence electrons. The Morgan fingerprint density at radius 2 is 1.81 bits per heavy atom. The molecule has 0 N–H and O–H groups in total. The highest BCUT2D eigenvalue weighted by molar-refractivity contribution is 7.99. The van der Waals surface area contributed by atoms with Gasteiger partial charge < -0.3 is 23.7 Å². The lowest BCUT2D eigenvalue weighted by Gasteiger charge is -2.38. The maximum absolute atomic E-state index is 14.8. The Kier molecular flexibility index (Phi) is 6.53. The predicted octanol–water partition coefficient (Wildman–Crippen LogP) is 4.88. The Labute approximate surface area is 254 Å². The number of rotatable bonds is 6. The van der Waals surface area contributed by atoms with Crippen LogP contribution in [0.1, 0.15) is 42.3 Å². The molecule has 43 heavy (non-hydrogen) atoms. The molecule has 8 atom stereocenters. The average molecular weight is 602 g/mol. The second kappa shape index (κ2) is 10.1. The Morgan fingerprint density at radius 1 is 1.02 bits per heavy atom. The molecule has 0 radical (unpaired) electrons. The Morgan fingerprint density at radius 3 is 2.60 bits per heavy atom. The van der Waals surface area contributed by atoms with Gasteiger partial charge in [0.1, 0.15) is 17.7 Å². The zero-order valence-electron chi connectivity index (χ0n) is 24.4. The highest BCUT2D eigenvalue weighted by Crippen LogP contribution is 2.62. The number of esters is 1. The standard InChI is InChI=1S/C34H35NO7S/c1-4-38-31(37)26-25(27-28(39-16-19-10-6-5-7-11-19)29-32(40-27)42-33(2,3)41-29)23-17-43-18-35(23)34(26)22-15-9-13-20-12-8-14-21(24(20)22)30(34)36/h5-15,23,25-29,32H,4,16-18H2,1-3H3/t23-,25-,26-,27+,28-,29+,32+,34+/m0/s1. The first-order chi connectivity index (χ1) is 20.8. The number of carbonyl (C=O) groups is 2. The molecule has 0 aromatic heterocycles. The van der Waals surface area contributed by atoms with Gasteiger partial charge in [-0.1, -0.05) is 66.7 Å². The lowest BCUT2D eigenvalue weighted by molar-refractivity contribution is -0.228. The summed E-state index contributed by atoms with van der Waals surface area (Å²) in [5.74, 6) is -1.07. The summed E-state index contributed by atoms with van der Waals surface area (Å²) in [5, 5.41) is 1.92. The van der Waals surface area contributed by atoms with Crippen molar-refractivity contribution in [2.24, 2.45) is 11.8 Å². The van der Waals surface area contributed by atoms with Gasteiger partial charge in [-0.05, 0) is 42.7 Å². The smallest absolute Gasteiger partial charge is 0.312 e. The molecule has 3 aromatic carbocycles. The van der Waals surface area contributed by atoms with Crippen molar-refractivity contribution < 1.29 is 33.3 Å². The van der Waals surface area contributed by atoms with Crippen molar-refractivity contribution in [1.82, 2.24) is 4.90 Å². The van der Waals surface area contributed by atoms with Crippen LogP contribution in [0.2, 0.25) is 0 Å². The van der Waals surface area contributed by atoms with E-state index < -0.39 is 47.8 Å². The third kappa shape index (κ3) is 3.95. The lowest BCUT2D eigenvalue weighted by atomic mass is 9.71. The van der Waals surface area contributed by atoms with E-state index in [0.717, 1.165) is 27.7 Å². The van der Waals surface area contributed by atoms with Crippen LogP contribution in [0, 0.1) is 11.8 Å². The maximum Gasteiger partial charge on any atom is 0.312 e. The fraction of sp³-hybridized carbons (Fsp3) is 0.471. The van der Waals surface area contributed by atoms with Crippen LogP contribution in [0.3, 0.4) is 0 Å². The molecule has 4 fully saturated rings. The average Bonchev–Trinajstić information content (AvgIpc) is 3.77. The first-order valence-corrected chi connectivity index (χ1v) is 16.3. The highest BCUT2D eigenvalue weighted by atomic mass is 32.2. The van der Waals surface area contributed by atoms with E-state index in [2.05, 4.69) is 4.90 Å². The largest absolute Gasteiger partial charge is 0.466 e. The quantitative estimate of drug-likeness (QED) is 0.367. The second-order valence-corrected chi connectivity index (χ2v) is 13.5. The molecule has 3 aromatic rings. The second-order valence-electron chi connectivity index (χ2n) is 12.5. The van der Waals surface area contributed by atoms with Crippen LogP contribution in [0.25, 0.3) is 10.8 Å². The summed E-state index contributed by atoms with van der Waals surface area (Å²) in [5.41, 5.74) is 1.37. The Hall–Kier alpha value is -2.79. The van der Waals surface area contributed by atoms with Gasteiger partial charge >= 0.3 is 5.97 Å². The van der Waals surface area contributed by atoms with Crippen molar-refractivity contribution in [3.63, 3.8) is 0 Å². The molecule has 5 aliphatic rings. The topological polar surface area (TPSA) is 83.5 Å². The Bertz CT molecular complexity index is 1590. The van der Waals surface area contributed by atoms with E-state index in [1.54, 1.807) is 11.8 Å². The van der Waals surface area contributed by atoms with Crippen LogP contribution >= 0.6 is 11.8 Å². The van der Waals surface area contributed by atoms with E-state index in [-0.39, 0.29) is 24.4 Å². The molecule has 9 heteroatoms. The van der Waals surface area contributed by atoms with Crippen molar-refractivity contribution in [3.05, 3.63) is 83.4 Å². The van der Waals surface area contributed by atoms with Crippen molar-refractivity contribution in [1.29, 1.82) is 0 Å². The van der Waals surface area contributed by atoms with Gasteiger partial charge in [-0.2, -0.15) is 0 Å². The van der Waals surface area contributed by atoms with E-state index in [1.165, 1.54) is 0 Å². The minimum atomic E-state index is -1.19. The van der Waals surface area contributed by atoms with Crippen molar-refractivity contribution >= 4 is 34.3 Å². The number of benzene rings is 3. The number of thioether (sulfide) groups is 1. The van der Waals surface area contributed by atoms with Crippen molar-refractivity contribution in [2.75, 3.05) is 18.2 Å². The number of nitrogens with zero attached hydrogens (tertiary/aromatic N) is 1. The first-order valence-electron chi connectivity index (χ1n) is 15.1. The van der Waals surface area contributed by atoms with Gasteiger partial charge in [0.05, 0.1) is 25.2 Å². The van der Waals surface area contributed by atoms with Crippen LogP contribution in [0.5, 0.6) is 0 Å². The van der Waals surface area contributed by atoms with Gasteiger partial charge in [0.15, 0.2) is 17.9 Å². The van der Waals surface area contributed by atoms with E-state index in [4.69, 9.17) is 23.7 Å². The fourth-order valence-electron chi connectivity index (χ4n) is 8.33. The van der Waals surface area contributed by atoms with Gasteiger partial charge in [-0.15, -0.1) is 11.8 Å². The first kappa shape index (κ1) is 27.7. The normalized spacial score (nSPS) is 35.6. The fourth-order valence-corrected chi connectivity index (χ4v) is 9.67. The van der Waals surface area contributed by atoms with Crippen LogP contribution in [-0.4, -0.2) is 71.3 Å². The van der Waals surface area contributed by atoms with Gasteiger partial charge in [-0.25, -0.2) is 0 Å². The molecule has 4 heterocycles. The summed E-state index contributed by atoms with van der Waals surface area (Å²) in [7, 11) is 0. The zero-order valence-corrected chi connectivity index (χ0v) is 25.3. The minimum absolute atomic E-state index is 0.0408. The number of fused-ring (bicyclic) bond motifs is 4. The number of hydrogen-bond acceptors (Lipinski definition) is 9. The van der Waals surface area contributed by atoms with Gasteiger partial charge in [0, 0.05) is 29.2 Å². The van der Waals surface area contributed by atoms with Gasteiger partial charge in [-0.3, -0.25) is 14.5 Å². The maximum atomic E-state index is 14.8. The SMILES string of the molecule is CCOC(=O)[C@@H]1[C@@H]([C@H]2O[C@@H]3OC(C)(C)O[C@@H]3[C@H]2OCc2ccccc2)[C@@H]2CSCN2[C@@]12C(=O)c1cccc3cccc2c13. The summed E-state index contributed by atoms with van der Waals surface area (Å²) in [4.78, 5) is 31.4. The monoisotopic (exact) mass is 601 g/mol. The lowest BCUT2D eigenvalue weighted by Crippen LogP contribution is -2.53. The molecule has 4 aliphatic heterocycles. The van der Waals surface area contributed by atoms with Crippen molar-refractivity contribution in [3.8, 4) is 0 Å². The van der Waals surface area contributed by atoms with Gasteiger partial charge in [0.25, 0.3) is 0 Å². The molecular formula is C34H35NO7S.